The fourth-order valence-corrected chi connectivity index (χ4v) is 3.72. The third kappa shape index (κ3) is 3.49. The van der Waals surface area contributed by atoms with Crippen molar-refractivity contribution in [3.8, 4) is 22.7 Å². The molecule has 0 aliphatic carbocycles. The van der Waals surface area contributed by atoms with Crippen molar-refractivity contribution in [1.82, 2.24) is 20.5 Å². The average Bonchev–Trinajstić information content (AvgIpc) is 3.35. The van der Waals surface area contributed by atoms with Gasteiger partial charge in [0.25, 0.3) is 5.89 Å². The van der Waals surface area contributed by atoms with Crippen molar-refractivity contribution in [3.63, 3.8) is 0 Å². The molecule has 1 amide bonds. The van der Waals surface area contributed by atoms with Gasteiger partial charge in [-0.05, 0) is 48.7 Å². The van der Waals surface area contributed by atoms with Crippen molar-refractivity contribution < 1.29 is 22.4 Å². The van der Waals surface area contributed by atoms with E-state index in [0.29, 0.717) is 24.2 Å². The van der Waals surface area contributed by atoms with Crippen LogP contribution in [0.2, 0.25) is 0 Å². The zero-order valence-electron chi connectivity index (χ0n) is 16.0. The number of H-pyrrole nitrogens is 1. The number of carbonyl (C=O) groups excluding carboxylic acids is 1. The van der Waals surface area contributed by atoms with E-state index in [1.807, 2.05) is 0 Å². The van der Waals surface area contributed by atoms with Crippen LogP contribution in [0.4, 0.5) is 19.2 Å². The van der Waals surface area contributed by atoms with Gasteiger partial charge in [0.1, 0.15) is 23.5 Å². The van der Waals surface area contributed by atoms with Crippen LogP contribution in [0.15, 0.2) is 40.8 Å². The van der Waals surface area contributed by atoms with Gasteiger partial charge < -0.3 is 20.0 Å². The Kier molecular flexibility index (Phi) is 4.61. The lowest BCUT2D eigenvalue weighted by Gasteiger charge is -2.21. The molecule has 10 heteroatoms. The highest BCUT2D eigenvalue weighted by Gasteiger charge is 2.26. The van der Waals surface area contributed by atoms with Gasteiger partial charge in [0.15, 0.2) is 0 Å². The summed E-state index contributed by atoms with van der Waals surface area (Å²) in [5, 5.41) is 13.8. The smallest absolute Gasteiger partial charge is 0.316 e. The summed E-state index contributed by atoms with van der Waals surface area (Å²) >= 11 is 0. The number of piperidine rings is 1. The van der Waals surface area contributed by atoms with Crippen LogP contribution in [0.25, 0.3) is 33.6 Å². The number of nitrogens with zero attached hydrogens (tertiary/aromatic N) is 2. The van der Waals surface area contributed by atoms with E-state index in [-0.39, 0.29) is 34.3 Å². The number of nitrogens with one attached hydrogen (secondary N) is 3. The summed E-state index contributed by atoms with van der Waals surface area (Å²) < 4.78 is 47.5. The zero-order valence-corrected chi connectivity index (χ0v) is 16.0. The molecule has 0 spiro atoms. The van der Waals surface area contributed by atoms with Crippen LogP contribution >= 0.6 is 0 Å². The predicted molar refractivity (Wildman–Crippen MR) is 107 cm³/mol. The Morgan fingerprint density at radius 1 is 1.06 bits per heavy atom. The molecule has 31 heavy (non-hydrogen) atoms. The van der Waals surface area contributed by atoms with E-state index < -0.39 is 23.5 Å². The SMILES string of the molecule is O=C1NCCC[C@H]1Nc1nnc(-c2c(-c3ccc(F)cc3)[nH]c3c(F)cc(F)cc23)o1. The Morgan fingerprint density at radius 3 is 2.65 bits per heavy atom. The number of aromatic amines is 1. The molecule has 0 saturated carbocycles. The first-order valence-corrected chi connectivity index (χ1v) is 9.64. The fourth-order valence-electron chi connectivity index (χ4n) is 3.72. The summed E-state index contributed by atoms with van der Waals surface area (Å²) in [5.41, 5.74) is 1.21. The summed E-state index contributed by atoms with van der Waals surface area (Å²) in [7, 11) is 0. The number of benzene rings is 2. The Labute approximate surface area is 173 Å². The second-order valence-electron chi connectivity index (χ2n) is 7.23. The quantitative estimate of drug-likeness (QED) is 0.458. The van der Waals surface area contributed by atoms with Crippen LogP contribution in [-0.2, 0) is 4.79 Å². The number of aromatic nitrogens is 3. The monoisotopic (exact) mass is 427 g/mol. The minimum absolute atomic E-state index is 0.00528. The van der Waals surface area contributed by atoms with Crippen molar-refractivity contribution >= 4 is 22.8 Å². The minimum atomic E-state index is -0.790. The molecule has 1 aliphatic heterocycles. The van der Waals surface area contributed by atoms with Gasteiger partial charge in [-0.25, -0.2) is 13.2 Å². The molecule has 1 saturated heterocycles. The molecule has 1 aliphatic rings. The number of fused-ring (bicyclic) bond motifs is 1. The molecule has 0 bridgehead atoms. The number of halogens is 3. The molecular weight excluding hydrogens is 411 g/mol. The van der Waals surface area contributed by atoms with E-state index in [4.69, 9.17) is 4.42 Å². The van der Waals surface area contributed by atoms with Crippen molar-refractivity contribution in [2.24, 2.45) is 0 Å². The molecule has 158 valence electrons. The Morgan fingerprint density at radius 2 is 1.87 bits per heavy atom. The van der Waals surface area contributed by atoms with Crippen LogP contribution in [0, 0.1) is 17.5 Å². The third-order valence-corrected chi connectivity index (χ3v) is 5.18. The van der Waals surface area contributed by atoms with Gasteiger partial charge in [0.2, 0.25) is 5.91 Å². The maximum absolute atomic E-state index is 14.4. The second-order valence-corrected chi connectivity index (χ2v) is 7.23. The van der Waals surface area contributed by atoms with Crippen LogP contribution in [-0.4, -0.2) is 33.7 Å². The highest BCUT2D eigenvalue weighted by Crippen LogP contribution is 2.39. The lowest BCUT2D eigenvalue weighted by Crippen LogP contribution is -2.44. The highest BCUT2D eigenvalue weighted by atomic mass is 19.1. The number of amides is 1. The van der Waals surface area contributed by atoms with Gasteiger partial charge in [-0.1, -0.05) is 5.10 Å². The first-order valence-electron chi connectivity index (χ1n) is 9.64. The van der Waals surface area contributed by atoms with E-state index in [2.05, 4.69) is 25.8 Å². The largest absolute Gasteiger partial charge is 0.403 e. The number of hydrogen-bond donors (Lipinski definition) is 3. The van der Waals surface area contributed by atoms with Gasteiger partial charge in [0, 0.05) is 18.0 Å². The highest BCUT2D eigenvalue weighted by molar-refractivity contribution is 6.02. The van der Waals surface area contributed by atoms with Crippen molar-refractivity contribution in [2.45, 2.75) is 18.9 Å². The predicted octanol–water partition coefficient (Wildman–Crippen LogP) is 3.99. The Hall–Kier alpha value is -3.82. The van der Waals surface area contributed by atoms with Crippen molar-refractivity contribution in [2.75, 3.05) is 11.9 Å². The summed E-state index contributed by atoms with van der Waals surface area (Å²) in [5.74, 6) is -2.17. The number of hydrogen-bond acceptors (Lipinski definition) is 5. The lowest BCUT2D eigenvalue weighted by atomic mass is 10.0. The van der Waals surface area contributed by atoms with Gasteiger partial charge in [0.05, 0.1) is 16.8 Å². The molecule has 0 radical (unpaired) electrons. The van der Waals surface area contributed by atoms with E-state index in [9.17, 15) is 18.0 Å². The first kappa shape index (κ1) is 19.2. The van der Waals surface area contributed by atoms with E-state index in [1.165, 1.54) is 24.3 Å². The maximum atomic E-state index is 14.4. The summed E-state index contributed by atoms with van der Waals surface area (Å²) in [6.07, 6.45) is 1.41. The summed E-state index contributed by atoms with van der Waals surface area (Å²) in [4.78, 5) is 14.9. The number of anilines is 1. The molecule has 1 fully saturated rings. The van der Waals surface area contributed by atoms with Crippen LogP contribution in [0.3, 0.4) is 0 Å². The standard InChI is InChI=1S/C21H16F3N5O2/c22-11-5-3-10(4-6-11)17-16(13-8-12(23)9-14(24)18(13)27-17)20-28-29-21(31-20)26-15-2-1-7-25-19(15)30/h3-6,8-9,15,27H,1-2,7H2,(H,25,30)(H,26,29)/t15-/m1/s1. The molecule has 0 unspecified atom stereocenters. The molecule has 4 aromatic rings. The summed E-state index contributed by atoms with van der Waals surface area (Å²) in [6.45, 7) is 0.611. The van der Waals surface area contributed by atoms with E-state index in [0.717, 1.165) is 18.6 Å². The van der Waals surface area contributed by atoms with Crippen molar-refractivity contribution in [1.29, 1.82) is 0 Å². The Balaban J connectivity index is 1.62. The fraction of sp³-hybridized carbons (Fsp3) is 0.190. The molecular formula is C21H16F3N5O2. The normalized spacial score (nSPS) is 16.5. The molecule has 2 aromatic heterocycles. The molecule has 5 rings (SSSR count). The topological polar surface area (TPSA) is 95.8 Å². The zero-order chi connectivity index (χ0) is 21.5. The van der Waals surface area contributed by atoms with Crippen molar-refractivity contribution in [3.05, 3.63) is 53.8 Å². The van der Waals surface area contributed by atoms with Gasteiger partial charge in [-0.15, -0.1) is 5.10 Å². The van der Waals surface area contributed by atoms with Crippen LogP contribution < -0.4 is 10.6 Å². The molecule has 3 heterocycles. The maximum Gasteiger partial charge on any atom is 0.316 e. The average molecular weight is 427 g/mol. The number of rotatable bonds is 4. The minimum Gasteiger partial charge on any atom is -0.403 e. The van der Waals surface area contributed by atoms with Gasteiger partial charge in [-0.2, -0.15) is 0 Å². The second kappa shape index (κ2) is 7.46. The van der Waals surface area contributed by atoms with Gasteiger partial charge >= 0.3 is 6.01 Å². The van der Waals surface area contributed by atoms with E-state index >= 15 is 0 Å². The third-order valence-electron chi connectivity index (χ3n) is 5.18. The molecule has 2 aromatic carbocycles. The van der Waals surface area contributed by atoms with E-state index in [1.54, 1.807) is 0 Å². The summed E-state index contributed by atoms with van der Waals surface area (Å²) in [6, 6.07) is 6.92. The van der Waals surface area contributed by atoms with Crippen LogP contribution in [0.5, 0.6) is 0 Å². The molecule has 7 nitrogen and oxygen atoms in total. The molecule has 1 atom stereocenters. The van der Waals surface area contributed by atoms with Gasteiger partial charge in [-0.3, -0.25) is 4.79 Å². The number of carbonyl (C=O) groups is 1. The first-order chi connectivity index (χ1) is 15.0. The lowest BCUT2D eigenvalue weighted by molar-refractivity contribution is -0.123. The Bertz CT molecular complexity index is 1280. The van der Waals surface area contributed by atoms with Crippen LogP contribution in [0.1, 0.15) is 12.8 Å². The molecule has 3 N–H and O–H groups in total.